The number of likely N-dealkylation sites (tertiary alicyclic amines) is 1. The van der Waals surface area contributed by atoms with E-state index in [9.17, 15) is 14.0 Å². The van der Waals surface area contributed by atoms with Crippen LogP contribution in [-0.4, -0.2) is 29.8 Å². The molecule has 1 heterocycles. The first-order valence-corrected chi connectivity index (χ1v) is 8.25. The van der Waals surface area contributed by atoms with Crippen LogP contribution >= 0.6 is 0 Å². The van der Waals surface area contributed by atoms with E-state index in [1.165, 1.54) is 24.3 Å². The van der Waals surface area contributed by atoms with Gasteiger partial charge in [0.05, 0.1) is 17.3 Å². The van der Waals surface area contributed by atoms with Crippen LogP contribution in [0.2, 0.25) is 0 Å². The van der Waals surface area contributed by atoms with Gasteiger partial charge >= 0.3 is 0 Å². The molecule has 1 atom stereocenters. The van der Waals surface area contributed by atoms with E-state index in [0.29, 0.717) is 36.4 Å². The van der Waals surface area contributed by atoms with Crippen molar-refractivity contribution in [3.8, 4) is 0 Å². The Bertz CT molecular complexity index is 776. The first-order chi connectivity index (χ1) is 12.0. The first-order valence-electron chi connectivity index (χ1n) is 8.25. The summed E-state index contributed by atoms with van der Waals surface area (Å²) in [5.74, 6) is -1.00. The SMILES string of the molecule is Nc1ccccc1NC(=O)C1CCCN(C(=O)c2ccc(F)cc2)C1. The molecular formula is C19H20FN3O2. The number of nitrogens with zero attached hydrogens (tertiary/aromatic N) is 1. The molecular weight excluding hydrogens is 321 g/mol. The number of hydrogen-bond acceptors (Lipinski definition) is 3. The van der Waals surface area contributed by atoms with Crippen LogP contribution in [0.5, 0.6) is 0 Å². The standard InChI is InChI=1S/C19H20FN3O2/c20-15-9-7-13(8-10-15)19(25)23-11-3-4-14(12-23)18(24)22-17-6-2-1-5-16(17)21/h1-2,5-10,14H,3-4,11-12,21H2,(H,22,24). The molecule has 2 amide bonds. The third-order valence-corrected chi connectivity index (χ3v) is 4.39. The zero-order chi connectivity index (χ0) is 17.8. The van der Waals surface area contributed by atoms with Gasteiger partial charge in [0.15, 0.2) is 0 Å². The molecule has 5 nitrogen and oxygen atoms in total. The predicted molar refractivity (Wildman–Crippen MR) is 94.5 cm³/mol. The van der Waals surface area contributed by atoms with E-state index in [1.807, 2.05) is 0 Å². The van der Waals surface area contributed by atoms with Gasteiger partial charge in [0.25, 0.3) is 5.91 Å². The Morgan fingerprint density at radius 1 is 1.12 bits per heavy atom. The Morgan fingerprint density at radius 3 is 2.56 bits per heavy atom. The van der Waals surface area contributed by atoms with Gasteiger partial charge in [0.1, 0.15) is 5.82 Å². The summed E-state index contributed by atoms with van der Waals surface area (Å²) in [6.07, 6.45) is 1.46. The number of anilines is 2. The highest BCUT2D eigenvalue weighted by atomic mass is 19.1. The molecule has 0 saturated carbocycles. The number of nitrogens with one attached hydrogen (secondary N) is 1. The van der Waals surface area contributed by atoms with Crippen LogP contribution in [0.4, 0.5) is 15.8 Å². The van der Waals surface area contributed by atoms with Gasteiger partial charge in [0, 0.05) is 18.7 Å². The van der Waals surface area contributed by atoms with Crippen LogP contribution in [0, 0.1) is 11.7 Å². The molecule has 25 heavy (non-hydrogen) atoms. The maximum Gasteiger partial charge on any atom is 0.253 e. The molecule has 1 saturated heterocycles. The lowest BCUT2D eigenvalue weighted by molar-refractivity contribution is -0.121. The van der Waals surface area contributed by atoms with Crippen LogP contribution in [0.1, 0.15) is 23.2 Å². The third-order valence-electron chi connectivity index (χ3n) is 4.39. The van der Waals surface area contributed by atoms with E-state index in [4.69, 9.17) is 5.73 Å². The summed E-state index contributed by atoms with van der Waals surface area (Å²) in [7, 11) is 0. The lowest BCUT2D eigenvalue weighted by Crippen LogP contribution is -2.43. The largest absolute Gasteiger partial charge is 0.397 e. The number of para-hydroxylation sites is 2. The number of piperidine rings is 1. The Kier molecular flexibility index (Phi) is 4.97. The van der Waals surface area contributed by atoms with Crippen LogP contribution < -0.4 is 11.1 Å². The van der Waals surface area contributed by atoms with Crippen molar-refractivity contribution in [2.75, 3.05) is 24.1 Å². The summed E-state index contributed by atoms with van der Waals surface area (Å²) in [6.45, 7) is 0.933. The molecule has 0 aromatic heterocycles. The predicted octanol–water partition coefficient (Wildman–Crippen LogP) is 2.90. The Morgan fingerprint density at radius 2 is 1.84 bits per heavy atom. The molecule has 3 rings (SSSR count). The maximum absolute atomic E-state index is 13.0. The number of halogens is 1. The Hall–Kier alpha value is -2.89. The van der Waals surface area contributed by atoms with Crippen LogP contribution in [0.15, 0.2) is 48.5 Å². The minimum absolute atomic E-state index is 0.144. The molecule has 1 unspecified atom stereocenters. The summed E-state index contributed by atoms with van der Waals surface area (Å²) >= 11 is 0. The summed E-state index contributed by atoms with van der Waals surface area (Å²) in [6, 6.07) is 12.5. The van der Waals surface area contributed by atoms with E-state index in [-0.39, 0.29) is 23.5 Å². The molecule has 0 radical (unpaired) electrons. The van der Waals surface area contributed by atoms with Crippen molar-refractivity contribution in [1.29, 1.82) is 0 Å². The number of nitrogens with two attached hydrogens (primary N) is 1. The smallest absolute Gasteiger partial charge is 0.253 e. The van der Waals surface area contributed by atoms with Crippen molar-refractivity contribution in [2.45, 2.75) is 12.8 Å². The van der Waals surface area contributed by atoms with Gasteiger partial charge in [0.2, 0.25) is 5.91 Å². The molecule has 130 valence electrons. The molecule has 0 spiro atoms. The molecule has 3 N–H and O–H groups in total. The number of nitrogen functional groups attached to an aromatic ring is 1. The second-order valence-corrected chi connectivity index (χ2v) is 6.17. The van der Waals surface area contributed by atoms with Crippen LogP contribution in [0.25, 0.3) is 0 Å². The minimum atomic E-state index is -0.382. The molecule has 1 fully saturated rings. The minimum Gasteiger partial charge on any atom is -0.397 e. The number of benzene rings is 2. The highest BCUT2D eigenvalue weighted by molar-refractivity contribution is 5.97. The lowest BCUT2D eigenvalue weighted by atomic mass is 9.96. The second-order valence-electron chi connectivity index (χ2n) is 6.17. The fourth-order valence-corrected chi connectivity index (χ4v) is 3.00. The van der Waals surface area contributed by atoms with Crippen LogP contribution in [0.3, 0.4) is 0 Å². The summed E-state index contributed by atoms with van der Waals surface area (Å²) in [4.78, 5) is 26.7. The van der Waals surface area contributed by atoms with Gasteiger partial charge in [-0.1, -0.05) is 12.1 Å². The van der Waals surface area contributed by atoms with Crippen molar-refractivity contribution >= 4 is 23.2 Å². The van der Waals surface area contributed by atoms with Crippen molar-refractivity contribution in [2.24, 2.45) is 5.92 Å². The van der Waals surface area contributed by atoms with Crippen molar-refractivity contribution in [3.63, 3.8) is 0 Å². The molecule has 1 aliphatic rings. The average molecular weight is 341 g/mol. The van der Waals surface area contributed by atoms with Gasteiger partial charge in [-0.05, 0) is 49.2 Å². The van der Waals surface area contributed by atoms with Crippen LogP contribution in [-0.2, 0) is 4.79 Å². The number of hydrogen-bond donors (Lipinski definition) is 2. The van der Waals surface area contributed by atoms with Crippen molar-refractivity contribution in [3.05, 3.63) is 59.9 Å². The molecule has 0 bridgehead atoms. The van der Waals surface area contributed by atoms with E-state index in [2.05, 4.69) is 5.32 Å². The topological polar surface area (TPSA) is 75.4 Å². The number of carbonyl (C=O) groups is 2. The molecule has 6 heteroatoms. The highest BCUT2D eigenvalue weighted by Crippen LogP contribution is 2.23. The fourth-order valence-electron chi connectivity index (χ4n) is 3.00. The molecule has 0 aliphatic carbocycles. The quantitative estimate of drug-likeness (QED) is 0.843. The Labute approximate surface area is 145 Å². The van der Waals surface area contributed by atoms with Gasteiger partial charge < -0.3 is 16.0 Å². The third kappa shape index (κ3) is 3.96. The second kappa shape index (κ2) is 7.34. The van der Waals surface area contributed by atoms with Crippen molar-refractivity contribution < 1.29 is 14.0 Å². The zero-order valence-corrected chi connectivity index (χ0v) is 13.7. The van der Waals surface area contributed by atoms with Gasteiger partial charge in [-0.2, -0.15) is 0 Å². The first kappa shape index (κ1) is 17.0. The monoisotopic (exact) mass is 341 g/mol. The van der Waals surface area contributed by atoms with E-state index >= 15 is 0 Å². The normalized spacial score (nSPS) is 17.2. The summed E-state index contributed by atoms with van der Waals surface area (Å²) in [5, 5.41) is 2.84. The zero-order valence-electron chi connectivity index (χ0n) is 13.7. The van der Waals surface area contributed by atoms with Gasteiger partial charge in [-0.25, -0.2) is 4.39 Å². The summed E-state index contributed by atoms with van der Waals surface area (Å²) < 4.78 is 13.0. The molecule has 1 aliphatic heterocycles. The number of carbonyl (C=O) groups excluding carboxylic acids is 2. The van der Waals surface area contributed by atoms with Gasteiger partial charge in [-0.15, -0.1) is 0 Å². The lowest BCUT2D eigenvalue weighted by Gasteiger charge is -2.32. The fraction of sp³-hybridized carbons (Fsp3) is 0.263. The number of amides is 2. The summed E-state index contributed by atoms with van der Waals surface area (Å²) in [5.41, 5.74) is 7.36. The number of rotatable bonds is 3. The maximum atomic E-state index is 13.0. The average Bonchev–Trinajstić information content (AvgIpc) is 2.64. The molecule has 2 aromatic rings. The highest BCUT2D eigenvalue weighted by Gasteiger charge is 2.29. The van der Waals surface area contributed by atoms with E-state index < -0.39 is 0 Å². The van der Waals surface area contributed by atoms with Crippen molar-refractivity contribution in [1.82, 2.24) is 4.90 Å². The van der Waals surface area contributed by atoms with E-state index in [1.54, 1.807) is 29.2 Å². The molecule has 2 aromatic carbocycles. The van der Waals surface area contributed by atoms with E-state index in [0.717, 1.165) is 6.42 Å². The Balaban J connectivity index is 1.66. The van der Waals surface area contributed by atoms with Gasteiger partial charge in [-0.3, -0.25) is 9.59 Å².